The summed E-state index contributed by atoms with van der Waals surface area (Å²) in [5.41, 5.74) is 1.09. The third-order valence-electron chi connectivity index (χ3n) is 4.42. The molecule has 2 aromatic carbocycles. The van der Waals surface area contributed by atoms with E-state index < -0.39 is 34.4 Å². The maximum Gasteiger partial charge on any atom is 0.217 e. The van der Waals surface area contributed by atoms with Crippen molar-refractivity contribution >= 4 is 45.8 Å². The van der Waals surface area contributed by atoms with Gasteiger partial charge in [0.15, 0.2) is 11.6 Å². The van der Waals surface area contributed by atoms with E-state index in [4.69, 9.17) is 11.6 Å². The van der Waals surface area contributed by atoms with E-state index in [1.807, 2.05) is 0 Å². The molecule has 0 amide bonds. The number of nitrogens with one attached hydrogen (secondary N) is 2. The van der Waals surface area contributed by atoms with Gasteiger partial charge >= 0.3 is 0 Å². The number of hydrogen-bond donors (Lipinski definition) is 2. The summed E-state index contributed by atoms with van der Waals surface area (Å²) in [6.07, 6.45) is 1.09. The van der Waals surface area contributed by atoms with Crippen molar-refractivity contribution < 1.29 is 17.7 Å². The lowest BCUT2D eigenvalue weighted by atomic mass is 10.0. The van der Waals surface area contributed by atoms with Crippen molar-refractivity contribution in [1.82, 2.24) is 4.98 Å². The number of hydrogen-bond acceptors (Lipinski definition) is 5. The molecule has 0 saturated heterocycles. The molecular formula is C18H13ClF3N3OS2. The number of benzene rings is 2. The summed E-state index contributed by atoms with van der Waals surface area (Å²) in [4.78, 5) is 3.80. The van der Waals surface area contributed by atoms with Gasteiger partial charge < -0.3 is 9.87 Å². The van der Waals surface area contributed by atoms with Crippen LogP contribution < -0.4 is 10.0 Å². The molecule has 146 valence electrons. The molecule has 4 rings (SSSR count). The third kappa shape index (κ3) is 3.80. The first-order valence-corrected chi connectivity index (χ1v) is 10.6. The summed E-state index contributed by atoms with van der Waals surface area (Å²) in [6.45, 7) is 0. The molecule has 28 heavy (non-hydrogen) atoms. The SMILES string of the molecule is [O-][S+](Nc1cscn1)c1cc(Cl)c(NC2(c3cc(F)ccc3F)CC2)cc1F. The van der Waals surface area contributed by atoms with E-state index in [1.165, 1.54) is 17.4 Å². The maximum absolute atomic E-state index is 14.6. The topological polar surface area (TPSA) is 60.0 Å². The quantitative estimate of drug-likeness (QED) is 0.497. The summed E-state index contributed by atoms with van der Waals surface area (Å²) in [7, 11) is 0. The van der Waals surface area contributed by atoms with Crippen LogP contribution in [0.15, 0.2) is 46.1 Å². The molecule has 1 fully saturated rings. The zero-order valence-electron chi connectivity index (χ0n) is 14.1. The van der Waals surface area contributed by atoms with Crippen molar-refractivity contribution in [2.24, 2.45) is 0 Å². The van der Waals surface area contributed by atoms with Gasteiger partial charge in [0, 0.05) is 23.1 Å². The summed E-state index contributed by atoms with van der Waals surface area (Å²) in [6, 6.07) is 5.58. The van der Waals surface area contributed by atoms with Gasteiger partial charge in [0.1, 0.15) is 23.0 Å². The van der Waals surface area contributed by atoms with Crippen molar-refractivity contribution in [3.05, 3.63) is 69.3 Å². The molecule has 1 aliphatic rings. The Bertz CT molecular complexity index is 1020. The van der Waals surface area contributed by atoms with Crippen LogP contribution in [0.1, 0.15) is 18.4 Å². The Morgan fingerprint density at radius 1 is 1.14 bits per heavy atom. The van der Waals surface area contributed by atoms with E-state index in [2.05, 4.69) is 15.0 Å². The van der Waals surface area contributed by atoms with E-state index in [1.54, 1.807) is 10.9 Å². The van der Waals surface area contributed by atoms with E-state index >= 15 is 0 Å². The third-order valence-corrected chi connectivity index (χ3v) is 6.42. The molecule has 3 aromatic rings. The first kappa shape index (κ1) is 19.4. The van der Waals surface area contributed by atoms with Gasteiger partial charge in [-0.25, -0.2) is 18.2 Å². The highest BCUT2D eigenvalue weighted by molar-refractivity contribution is 7.92. The highest BCUT2D eigenvalue weighted by Crippen LogP contribution is 2.50. The molecule has 10 heteroatoms. The second-order valence-corrected chi connectivity index (χ2v) is 8.65. The summed E-state index contributed by atoms with van der Waals surface area (Å²) in [5.74, 6) is -1.49. The van der Waals surface area contributed by atoms with Crippen LogP contribution in [0.4, 0.5) is 24.7 Å². The lowest BCUT2D eigenvalue weighted by Gasteiger charge is -2.21. The number of thiazole rings is 1. The fourth-order valence-corrected chi connectivity index (χ4v) is 4.59. The first-order valence-electron chi connectivity index (χ1n) is 8.17. The number of anilines is 2. The van der Waals surface area contributed by atoms with Gasteiger partial charge in [0.25, 0.3) is 0 Å². The minimum absolute atomic E-state index is 0.118. The average molecular weight is 444 g/mol. The smallest absolute Gasteiger partial charge is 0.217 e. The van der Waals surface area contributed by atoms with Gasteiger partial charge in [-0.15, -0.1) is 11.3 Å². The highest BCUT2D eigenvalue weighted by atomic mass is 35.5. The van der Waals surface area contributed by atoms with Crippen LogP contribution >= 0.6 is 22.9 Å². The second-order valence-electron chi connectivity index (χ2n) is 6.34. The van der Waals surface area contributed by atoms with Crippen molar-refractivity contribution in [3.63, 3.8) is 0 Å². The molecule has 1 atom stereocenters. The lowest BCUT2D eigenvalue weighted by molar-refractivity contribution is 0.565. The minimum atomic E-state index is -1.90. The van der Waals surface area contributed by atoms with Crippen molar-refractivity contribution in [3.8, 4) is 0 Å². The van der Waals surface area contributed by atoms with Crippen molar-refractivity contribution in [2.45, 2.75) is 23.3 Å². The van der Waals surface area contributed by atoms with Gasteiger partial charge in [0.05, 0.1) is 21.8 Å². The fraction of sp³-hybridized carbons (Fsp3) is 0.167. The molecule has 0 spiro atoms. The van der Waals surface area contributed by atoms with Crippen LogP contribution in [0.3, 0.4) is 0 Å². The summed E-state index contributed by atoms with van der Waals surface area (Å²) in [5, 5.41) is 4.78. The van der Waals surface area contributed by atoms with Crippen LogP contribution in [-0.4, -0.2) is 9.54 Å². The van der Waals surface area contributed by atoms with Gasteiger partial charge in [-0.3, -0.25) is 0 Å². The largest absolute Gasteiger partial charge is 0.588 e. The number of halogens is 4. The molecule has 0 bridgehead atoms. The predicted octanol–water partition coefficient (Wildman–Crippen LogP) is 5.45. The zero-order chi connectivity index (χ0) is 19.9. The maximum atomic E-state index is 14.6. The van der Waals surface area contributed by atoms with Gasteiger partial charge in [-0.2, -0.15) is 4.72 Å². The number of rotatable bonds is 6. The van der Waals surface area contributed by atoms with Gasteiger partial charge in [-0.05, 0) is 31.0 Å². The Kier molecular flexibility index (Phi) is 5.17. The first-order chi connectivity index (χ1) is 13.4. The van der Waals surface area contributed by atoms with Crippen LogP contribution in [-0.2, 0) is 16.9 Å². The van der Waals surface area contributed by atoms with Gasteiger partial charge in [-0.1, -0.05) is 11.6 Å². The normalized spacial score (nSPS) is 15.9. The molecule has 1 unspecified atom stereocenters. The molecule has 1 aliphatic carbocycles. The molecule has 0 aliphatic heterocycles. The Hall–Kier alpha value is -1.94. The number of aromatic nitrogens is 1. The van der Waals surface area contributed by atoms with Crippen molar-refractivity contribution in [2.75, 3.05) is 10.0 Å². The standard InChI is InChI=1S/C18H13ClF3N3OS2/c19-12-6-16(28(26)25-17-8-27-9-23-17)14(22)7-15(12)24-18(3-4-18)11-5-10(20)1-2-13(11)21/h1-2,5-9,24-25H,3-4H2. The minimum Gasteiger partial charge on any atom is -0.588 e. The molecule has 0 radical (unpaired) electrons. The van der Waals surface area contributed by atoms with E-state index in [0.717, 1.165) is 24.3 Å². The Labute approximate surface area is 171 Å². The van der Waals surface area contributed by atoms with E-state index in [9.17, 15) is 17.7 Å². The molecule has 1 saturated carbocycles. The van der Waals surface area contributed by atoms with Gasteiger partial charge in [0.2, 0.25) is 4.90 Å². The zero-order valence-corrected chi connectivity index (χ0v) is 16.5. The molecular weight excluding hydrogens is 431 g/mol. The molecule has 1 aromatic heterocycles. The lowest BCUT2D eigenvalue weighted by Crippen LogP contribution is -2.21. The van der Waals surface area contributed by atoms with E-state index in [0.29, 0.717) is 18.7 Å². The summed E-state index contributed by atoms with van der Waals surface area (Å²) >= 11 is 5.66. The monoisotopic (exact) mass is 443 g/mol. The van der Waals surface area contributed by atoms with Crippen molar-refractivity contribution in [1.29, 1.82) is 0 Å². The predicted molar refractivity (Wildman–Crippen MR) is 104 cm³/mol. The highest BCUT2D eigenvalue weighted by Gasteiger charge is 2.47. The van der Waals surface area contributed by atoms with Crippen LogP contribution in [0, 0.1) is 17.5 Å². The molecule has 1 heterocycles. The van der Waals surface area contributed by atoms with E-state index in [-0.39, 0.29) is 21.2 Å². The Morgan fingerprint density at radius 3 is 2.61 bits per heavy atom. The van der Waals surface area contributed by atoms with Crippen LogP contribution in [0.5, 0.6) is 0 Å². The van der Waals surface area contributed by atoms with Crippen LogP contribution in [0.25, 0.3) is 0 Å². The Morgan fingerprint density at radius 2 is 1.93 bits per heavy atom. The average Bonchev–Trinajstić information content (AvgIpc) is 3.25. The molecule has 2 N–H and O–H groups in total. The van der Waals surface area contributed by atoms with Crippen LogP contribution in [0.2, 0.25) is 5.02 Å². The summed E-state index contributed by atoms with van der Waals surface area (Å²) < 4.78 is 57.2. The number of nitrogens with zero attached hydrogens (tertiary/aromatic N) is 1. The second kappa shape index (κ2) is 7.47. The fourth-order valence-electron chi connectivity index (χ4n) is 2.89. The Balaban J connectivity index is 1.59. The molecule has 4 nitrogen and oxygen atoms in total.